The molecule has 1 aliphatic heterocycles. The highest BCUT2D eigenvalue weighted by molar-refractivity contribution is 5.92. The summed E-state index contributed by atoms with van der Waals surface area (Å²) in [6, 6.07) is 10.5. The number of rotatable bonds is 6. The number of hydrogen-bond donors (Lipinski definition) is 2. The largest absolute Gasteiger partial charge is 0.491 e. The minimum absolute atomic E-state index is 0.168. The van der Waals surface area contributed by atoms with Crippen molar-refractivity contribution < 1.29 is 19.0 Å². The summed E-state index contributed by atoms with van der Waals surface area (Å²) in [4.78, 5) is 14.2. The highest BCUT2D eigenvalue weighted by atomic mass is 19.1. The molecule has 0 aliphatic carbocycles. The zero-order chi connectivity index (χ0) is 21.0. The number of carbonyl (C=O) groups is 1. The third-order valence-electron chi connectivity index (χ3n) is 5.54. The lowest BCUT2D eigenvalue weighted by Crippen LogP contribution is -2.49. The molecule has 2 aromatic rings. The molecule has 1 aliphatic rings. The molecule has 0 radical (unpaired) electrons. The summed E-state index contributed by atoms with van der Waals surface area (Å²) in [7, 11) is 0. The van der Waals surface area contributed by atoms with Crippen LogP contribution in [-0.2, 0) is 4.79 Å². The Bertz CT molecular complexity index is 876. The van der Waals surface area contributed by atoms with Gasteiger partial charge in [-0.25, -0.2) is 4.39 Å². The molecule has 1 fully saturated rings. The maximum atomic E-state index is 13.8. The molecule has 5 nitrogen and oxygen atoms in total. The zero-order valence-electron chi connectivity index (χ0n) is 17.3. The lowest BCUT2D eigenvalue weighted by molar-refractivity contribution is -0.119. The van der Waals surface area contributed by atoms with E-state index in [0.717, 1.165) is 16.9 Å². The number of aliphatic hydroxyl groups is 1. The summed E-state index contributed by atoms with van der Waals surface area (Å²) in [5.41, 5.74) is 2.53. The van der Waals surface area contributed by atoms with Crippen LogP contribution in [0.15, 0.2) is 36.4 Å². The van der Waals surface area contributed by atoms with Crippen LogP contribution in [0.3, 0.4) is 0 Å². The average molecular weight is 400 g/mol. The van der Waals surface area contributed by atoms with E-state index in [9.17, 15) is 14.3 Å². The minimum Gasteiger partial charge on any atom is -0.491 e. The van der Waals surface area contributed by atoms with E-state index < -0.39 is 11.4 Å². The molecule has 156 valence electrons. The molecular weight excluding hydrogens is 371 g/mol. The summed E-state index contributed by atoms with van der Waals surface area (Å²) in [5.74, 6) is 0.0512. The molecule has 0 aromatic heterocycles. The second-order valence-corrected chi connectivity index (χ2v) is 8.07. The predicted molar refractivity (Wildman–Crippen MR) is 112 cm³/mol. The van der Waals surface area contributed by atoms with Gasteiger partial charge in [0.25, 0.3) is 0 Å². The number of piperidine rings is 1. The fourth-order valence-electron chi connectivity index (χ4n) is 3.42. The minimum atomic E-state index is -0.908. The fraction of sp³-hybridized carbons (Fsp3) is 0.435. The van der Waals surface area contributed by atoms with Gasteiger partial charge in [0.15, 0.2) is 0 Å². The third kappa shape index (κ3) is 5.78. The van der Waals surface area contributed by atoms with Crippen molar-refractivity contribution in [1.29, 1.82) is 0 Å². The molecule has 2 N–H and O–H groups in total. The molecule has 0 atom stereocenters. The number of benzene rings is 2. The van der Waals surface area contributed by atoms with Gasteiger partial charge in [0, 0.05) is 13.1 Å². The van der Waals surface area contributed by atoms with Gasteiger partial charge >= 0.3 is 0 Å². The van der Waals surface area contributed by atoms with Crippen molar-refractivity contribution in [2.75, 3.05) is 31.6 Å². The Morgan fingerprint density at radius 2 is 1.86 bits per heavy atom. The maximum Gasteiger partial charge on any atom is 0.238 e. The van der Waals surface area contributed by atoms with Gasteiger partial charge in [0.05, 0.1) is 12.2 Å². The number of ether oxygens (including phenoxy) is 1. The average Bonchev–Trinajstić information content (AvgIpc) is 2.68. The lowest BCUT2D eigenvalue weighted by Gasteiger charge is -2.37. The van der Waals surface area contributed by atoms with Crippen LogP contribution in [0.1, 0.15) is 29.5 Å². The lowest BCUT2D eigenvalue weighted by atomic mass is 9.92. The van der Waals surface area contributed by atoms with Gasteiger partial charge in [-0.1, -0.05) is 12.1 Å². The Kier molecular flexibility index (Phi) is 6.55. The molecule has 2 aromatic carbocycles. The number of carbonyl (C=O) groups excluding carboxylic acids is 1. The topological polar surface area (TPSA) is 61.8 Å². The Morgan fingerprint density at radius 1 is 1.14 bits per heavy atom. The molecule has 0 bridgehead atoms. The second-order valence-electron chi connectivity index (χ2n) is 8.07. The first-order valence-electron chi connectivity index (χ1n) is 9.95. The highest BCUT2D eigenvalue weighted by Crippen LogP contribution is 2.25. The van der Waals surface area contributed by atoms with Crippen LogP contribution >= 0.6 is 0 Å². The van der Waals surface area contributed by atoms with Crippen LogP contribution in [0.5, 0.6) is 5.75 Å². The summed E-state index contributed by atoms with van der Waals surface area (Å²) in [5, 5.41) is 13.4. The van der Waals surface area contributed by atoms with Gasteiger partial charge in [-0.3, -0.25) is 9.69 Å². The SMILES string of the molecule is Cc1ccc(F)c(NC(=O)CN2CCC(O)(COc3ccc(C)c(C)c3)CC2)c1. The Morgan fingerprint density at radius 3 is 2.55 bits per heavy atom. The molecule has 6 heteroatoms. The van der Waals surface area contributed by atoms with E-state index in [1.54, 1.807) is 12.1 Å². The maximum absolute atomic E-state index is 13.8. The van der Waals surface area contributed by atoms with Gasteiger partial charge in [-0.15, -0.1) is 0 Å². The Hall–Kier alpha value is -2.44. The number of amides is 1. The number of likely N-dealkylation sites (tertiary alicyclic amines) is 1. The Balaban J connectivity index is 1.47. The molecule has 1 saturated heterocycles. The van der Waals surface area contributed by atoms with Crippen LogP contribution in [-0.4, -0.2) is 47.8 Å². The molecule has 0 saturated carbocycles. The van der Waals surface area contributed by atoms with Crippen LogP contribution in [0.2, 0.25) is 0 Å². The van der Waals surface area contributed by atoms with E-state index in [0.29, 0.717) is 25.9 Å². The van der Waals surface area contributed by atoms with Crippen molar-refractivity contribution >= 4 is 11.6 Å². The van der Waals surface area contributed by atoms with E-state index in [1.165, 1.54) is 11.6 Å². The highest BCUT2D eigenvalue weighted by Gasteiger charge is 2.33. The van der Waals surface area contributed by atoms with E-state index in [2.05, 4.69) is 5.32 Å². The van der Waals surface area contributed by atoms with Crippen LogP contribution < -0.4 is 10.1 Å². The standard InChI is InChI=1S/C23H29FN2O3/c1-16-4-7-20(24)21(12-16)25-22(27)14-26-10-8-23(28,9-11-26)15-29-19-6-5-17(2)18(3)13-19/h4-7,12-13,28H,8-11,14-15H2,1-3H3,(H,25,27). The summed E-state index contributed by atoms with van der Waals surface area (Å²) in [6.45, 7) is 7.48. The van der Waals surface area contributed by atoms with Crippen molar-refractivity contribution in [3.05, 3.63) is 58.9 Å². The molecule has 3 rings (SSSR count). The van der Waals surface area contributed by atoms with Crippen molar-refractivity contribution in [3.8, 4) is 5.75 Å². The van der Waals surface area contributed by atoms with Gasteiger partial charge in [0.2, 0.25) is 5.91 Å². The number of hydrogen-bond acceptors (Lipinski definition) is 4. The number of aryl methyl sites for hydroxylation is 3. The van der Waals surface area contributed by atoms with Crippen LogP contribution in [0, 0.1) is 26.6 Å². The van der Waals surface area contributed by atoms with Gasteiger partial charge in [-0.2, -0.15) is 0 Å². The fourth-order valence-corrected chi connectivity index (χ4v) is 3.42. The van der Waals surface area contributed by atoms with E-state index in [4.69, 9.17) is 4.74 Å². The molecule has 0 unspecified atom stereocenters. The monoisotopic (exact) mass is 400 g/mol. The summed E-state index contributed by atoms with van der Waals surface area (Å²) >= 11 is 0. The molecular formula is C23H29FN2O3. The van der Waals surface area contributed by atoms with E-state index in [1.807, 2.05) is 43.9 Å². The molecule has 29 heavy (non-hydrogen) atoms. The Labute approximate surface area is 171 Å². The molecule has 1 amide bonds. The zero-order valence-corrected chi connectivity index (χ0v) is 17.3. The first-order chi connectivity index (χ1) is 13.7. The van der Waals surface area contributed by atoms with Crippen LogP contribution in [0.4, 0.5) is 10.1 Å². The number of anilines is 1. The summed E-state index contributed by atoms with van der Waals surface area (Å²) < 4.78 is 19.6. The normalized spacial score (nSPS) is 16.4. The first-order valence-corrected chi connectivity index (χ1v) is 9.95. The van der Waals surface area contributed by atoms with Crippen LogP contribution in [0.25, 0.3) is 0 Å². The van der Waals surface area contributed by atoms with Crippen molar-refractivity contribution in [1.82, 2.24) is 4.90 Å². The predicted octanol–water partition coefficient (Wildman–Crippen LogP) is 3.60. The van der Waals surface area contributed by atoms with Gasteiger partial charge in [0.1, 0.15) is 23.8 Å². The third-order valence-corrected chi connectivity index (χ3v) is 5.54. The summed E-state index contributed by atoms with van der Waals surface area (Å²) in [6.07, 6.45) is 1.04. The molecule has 1 heterocycles. The van der Waals surface area contributed by atoms with Crippen molar-refractivity contribution in [2.24, 2.45) is 0 Å². The van der Waals surface area contributed by atoms with Gasteiger partial charge < -0.3 is 15.2 Å². The van der Waals surface area contributed by atoms with Gasteiger partial charge in [-0.05, 0) is 74.6 Å². The second kappa shape index (κ2) is 8.93. The van der Waals surface area contributed by atoms with Crippen molar-refractivity contribution in [3.63, 3.8) is 0 Å². The number of nitrogens with zero attached hydrogens (tertiary/aromatic N) is 1. The smallest absolute Gasteiger partial charge is 0.238 e. The van der Waals surface area contributed by atoms with E-state index in [-0.39, 0.29) is 24.7 Å². The van der Waals surface area contributed by atoms with E-state index >= 15 is 0 Å². The molecule has 0 spiro atoms. The van der Waals surface area contributed by atoms with Crippen molar-refractivity contribution in [2.45, 2.75) is 39.2 Å². The number of halogens is 1. The first kappa shape index (κ1) is 21.3. The quantitative estimate of drug-likeness (QED) is 0.778. The number of nitrogens with one attached hydrogen (secondary N) is 1.